The SMILES string of the molecule is CCOC(=O)[C@H]([C@H](C)C(C)=O)N(C(C)C)C(C)C. The lowest BCUT2D eigenvalue weighted by atomic mass is 9.94. The third-order valence-electron chi connectivity index (χ3n) is 3.16. The van der Waals surface area contributed by atoms with Gasteiger partial charge in [-0.1, -0.05) is 6.92 Å². The molecule has 4 nitrogen and oxygen atoms in total. The van der Waals surface area contributed by atoms with E-state index >= 15 is 0 Å². The molecule has 0 heterocycles. The van der Waals surface area contributed by atoms with Crippen LogP contribution in [-0.4, -0.2) is 41.4 Å². The summed E-state index contributed by atoms with van der Waals surface area (Å²) in [4.78, 5) is 25.8. The largest absolute Gasteiger partial charge is 0.465 e. The Morgan fingerprint density at radius 2 is 1.50 bits per heavy atom. The number of nitrogens with zero attached hydrogens (tertiary/aromatic N) is 1. The van der Waals surface area contributed by atoms with E-state index in [0.29, 0.717) is 6.61 Å². The summed E-state index contributed by atoms with van der Waals surface area (Å²) in [6.07, 6.45) is 0. The second-order valence-corrected chi connectivity index (χ2v) is 5.23. The zero-order valence-corrected chi connectivity index (χ0v) is 12.7. The number of rotatable bonds is 7. The van der Waals surface area contributed by atoms with Crippen LogP contribution in [0.2, 0.25) is 0 Å². The van der Waals surface area contributed by atoms with Gasteiger partial charge in [-0.3, -0.25) is 14.5 Å². The van der Waals surface area contributed by atoms with E-state index in [1.54, 1.807) is 13.8 Å². The van der Waals surface area contributed by atoms with Gasteiger partial charge in [-0.15, -0.1) is 0 Å². The van der Waals surface area contributed by atoms with Gasteiger partial charge >= 0.3 is 5.97 Å². The first-order valence-corrected chi connectivity index (χ1v) is 6.68. The summed E-state index contributed by atoms with van der Waals surface area (Å²) in [7, 11) is 0. The highest BCUT2D eigenvalue weighted by atomic mass is 16.5. The maximum absolute atomic E-state index is 12.1. The normalized spacial score (nSPS) is 15.0. The number of carbonyl (C=O) groups excluding carboxylic acids is 2. The van der Waals surface area contributed by atoms with Crippen molar-refractivity contribution in [2.24, 2.45) is 5.92 Å². The van der Waals surface area contributed by atoms with Crippen molar-refractivity contribution in [3.05, 3.63) is 0 Å². The monoisotopic (exact) mass is 257 g/mol. The van der Waals surface area contributed by atoms with Crippen LogP contribution in [0.3, 0.4) is 0 Å². The van der Waals surface area contributed by atoms with Gasteiger partial charge in [0.25, 0.3) is 0 Å². The summed E-state index contributed by atoms with van der Waals surface area (Å²) in [6, 6.07) is -0.134. The fourth-order valence-corrected chi connectivity index (χ4v) is 2.27. The van der Waals surface area contributed by atoms with Crippen molar-refractivity contribution in [3.8, 4) is 0 Å². The molecule has 2 atom stereocenters. The molecule has 0 aromatic rings. The molecule has 4 heteroatoms. The number of Topliss-reactive ketones (excluding diaryl/α,β-unsaturated/α-hetero) is 1. The van der Waals surface area contributed by atoms with E-state index in [9.17, 15) is 9.59 Å². The van der Waals surface area contributed by atoms with Crippen LogP contribution in [0.25, 0.3) is 0 Å². The molecule has 0 N–H and O–H groups in total. The molecule has 0 fully saturated rings. The van der Waals surface area contributed by atoms with Crippen molar-refractivity contribution in [1.29, 1.82) is 0 Å². The number of carbonyl (C=O) groups is 2. The molecule has 0 aliphatic carbocycles. The summed E-state index contributed by atoms with van der Waals surface area (Å²) in [6.45, 7) is 13.5. The molecule has 0 spiro atoms. The lowest BCUT2D eigenvalue weighted by molar-refractivity contribution is -0.155. The number of ether oxygens (including phenoxy) is 1. The van der Waals surface area contributed by atoms with Crippen molar-refractivity contribution >= 4 is 11.8 Å². The van der Waals surface area contributed by atoms with Crippen LogP contribution in [0.15, 0.2) is 0 Å². The molecule has 106 valence electrons. The second-order valence-electron chi connectivity index (χ2n) is 5.23. The average molecular weight is 257 g/mol. The third kappa shape index (κ3) is 4.41. The molecule has 0 unspecified atom stereocenters. The summed E-state index contributed by atoms with van der Waals surface area (Å²) < 4.78 is 5.12. The van der Waals surface area contributed by atoms with Gasteiger partial charge in [-0.2, -0.15) is 0 Å². The van der Waals surface area contributed by atoms with E-state index in [-0.39, 0.29) is 29.8 Å². The summed E-state index contributed by atoms with van der Waals surface area (Å²) in [5.74, 6) is -0.643. The van der Waals surface area contributed by atoms with Crippen LogP contribution in [0.5, 0.6) is 0 Å². The van der Waals surface area contributed by atoms with Crippen LogP contribution in [0, 0.1) is 5.92 Å². The average Bonchev–Trinajstić information content (AvgIpc) is 2.23. The molecule has 0 aromatic carbocycles. The van der Waals surface area contributed by atoms with Crippen LogP contribution < -0.4 is 0 Å². The molecule has 0 saturated carbocycles. The summed E-state index contributed by atoms with van der Waals surface area (Å²) in [5.41, 5.74) is 0. The molecule has 18 heavy (non-hydrogen) atoms. The van der Waals surface area contributed by atoms with Crippen molar-refractivity contribution < 1.29 is 14.3 Å². The van der Waals surface area contributed by atoms with Crippen LogP contribution in [0.4, 0.5) is 0 Å². The van der Waals surface area contributed by atoms with Crippen molar-refractivity contribution in [1.82, 2.24) is 4.90 Å². The van der Waals surface area contributed by atoms with Gasteiger partial charge in [-0.25, -0.2) is 0 Å². The summed E-state index contributed by atoms with van der Waals surface area (Å²) in [5, 5.41) is 0. The topological polar surface area (TPSA) is 46.6 Å². The Morgan fingerprint density at radius 1 is 1.06 bits per heavy atom. The zero-order valence-electron chi connectivity index (χ0n) is 12.7. The fraction of sp³-hybridized carbons (Fsp3) is 0.857. The van der Waals surface area contributed by atoms with E-state index in [2.05, 4.69) is 0 Å². The third-order valence-corrected chi connectivity index (χ3v) is 3.16. The van der Waals surface area contributed by atoms with Gasteiger partial charge in [0.05, 0.1) is 6.61 Å². The van der Waals surface area contributed by atoms with E-state index in [0.717, 1.165) is 0 Å². The summed E-state index contributed by atoms with van der Waals surface area (Å²) >= 11 is 0. The maximum Gasteiger partial charge on any atom is 0.324 e. The van der Waals surface area contributed by atoms with E-state index in [1.165, 1.54) is 6.92 Å². The Bertz CT molecular complexity index is 279. The lowest BCUT2D eigenvalue weighted by Crippen LogP contribution is -2.54. The molecule has 0 amide bonds. The fourth-order valence-electron chi connectivity index (χ4n) is 2.27. The molecule has 0 aliphatic heterocycles. The first kappa shape index (κ1) is 17.1. The van der Waals surface area contributed by atoms with Crippen LogP contribution >= 0.6 is 0 Å². The first-order chi connectivity index (χ1) is 8.23. The Morgan fingerprint density at radius 3 is 1.78 bits per heavy atom. The molecule has 0 aliphatic rings. The van der Waals surface area contributed by atoms with E-state index in [1.807, 2.05) is 32.6 Å². The molecular formula is C14H27NO3. The van der Waals surface area contributed by atoms with Gasteiger partial charge in [0.1, 0.15) is 11.8 Å². The maximum atomic E-state index is 12.1. The Labute approximate surface area is 111 Å². The number of ketones is 1. The molecule has 0 aromatic heterocycles. The number of esters is 1. The minimum atomic E-state index is -0.498. The van der Waals surface area contributed by atoms with Gasteiger partial charge in [0.15, 0.2) is 0 Å². The standard InChI is InChI=1S/C14H27NO3/c1-8-18-14(17)13(11(6)12(7)16)15(9(2)3)10(4)5/h9-11,13H,8H2,1-7H3/t11-,13+/m1/s1. The van der Waals surface area contributed by atoms with Gasteiger partial charge in [0, 0.05) is 18.0 Å². The van der Waals surface area contributed by atoms with Gasteiger partial charge in [-0.05, 0) is 41.5 Å². The van der Waals surface area contributed by atoms with Crippen molar-refractivity contribution in [3.63, 3.8) is 0 Å². The Hall–Kier alpha value is -0.900. The number of hydrogen-bond donors (Lipinski definition) is 0. The number of hydrogen-bond acceptors (Lipinski definition) is 4. The van der Waals surface area contributed by atoms with Crippen molar-refractivity contribution in [2.45, 2.75) is 66.6 Å². The minimum Gasteiger partial charge on any atom is -0.465 e. The van der Waals surface area contributed by atoms with Crippen molar-refractivity contribution in [2.75, 3.05) is 6.61 Å². The van der Waals surface area contributed by atoms with E-state index < -0.39 is 6.04 Å². The predicted octanol–water partition coefficient (Wildman–Crippen LogP) is 2.26. The lowest BCUT2D eigenvalue weighted by Gasteiger charge is -2.38. The van der Waals surface area contributed by atoms with Crippen LogP contribution in [-0.2, 0) is 14.3 Å². The highest BCUT2D eigenvalue weighted by Gasteiger charge is 2.37. The Balaban J connectivity index is 5.28. The molecule has 0 saturated heterocycles. The molecule has 0 radical (unpaired) electrons. The molecular weight excluding hydrogens is 230 g/mol. The molecule has 0 bridgehead atoms. The highest BCUT2D eigenvalue weighted by molar-refractivity contribution is 5.87. The van der Waals surface area contributed by atoms with E-state index in [4.69, 9.17) is 4.74 Å². The quantitative estimate of drug-likeness (QED) is 0.656. The molecule has 0 rings (SSSR count). The Kier molecular flexibility index (Phi) is 7.14. The highest BCUT2D eigenvalue weighted by Crippen LogP contribution is 2.20. The minimum absolute atomic E-state index is 0.0133. The smallest absolute Gasteiger partial charge is 0.324 e. The first-order valence-electron chi connectivity index (χ1n) is 6.68. The van der Waals surface area contributed by atoms with Gasteiger partial charge in [0.2, 0.25) is 0 Å². The van der Waals surface area contributed by atoms with Crippen LogP contribution in [0.1, 0.15) is 48.5 Å². The zero-order chi connectivity index (χ0) is 14.5. The van der Waals surface area contributed by atoms with Gasteiger partial charge < -0.3 is 4.74 Å². The second kappa shape index (κ2) is 7.52. The predicted molar refractivity (Wildman–Crippen MR) is 72.4 cm³/mol.